The molecule has 2 aromatic heterocycles. The SMILES string of the molecule is Cc1ccc2c(CSc3nc4cc(S(=O)(=O)N(C)C)ccc4o3)cc(=O)oc2c1C. The first-order valence-electron chi connectivity index (χ1n) is 9.15. The van der Waals surface area contributed by atoms with Crippen molar-refractivity contribution in [1.29, 1.82) is 0 Å². The van der Waals surface area contributed by atoms with E-state index in [1.165, 1.54) is 44.1 Å². The van der Waals surface area contributed by atoms with Crippen molar-refractivity contribution in [2.24, 2.45) is 0 Å². The highest BCUT2D eigenvalue weighted by atomic mass is 32.2. The maximum absolute atomic E-state index is 12.3. The molecule has 0 aliphatic heterocycles. The van der Waals surface area contributed by atoms with Crippen molar-refractivity contribution in [3.05, 3.63) is 63.5 Å². The second kappa shape index (κ2) is 7.57. The van der Waals surface area contributed by atoms with Gasteiger partial charge in [-0.3, -0.25) is 0 Å². The molecule has 9 heteroatoms. The number of hydrogen-bond donors (Lipinski definition) is 0. The standard InChI is InChI=1S/C21H20N2O5S2/c1-12-5-7-16-14(9-19(24)28-20(16)13(12)2)11-29-21-22-17-10-15(6-8-18(17)27-21)30(25,26)23(3)4/h5-10H,11H2,1-4H3. The van der Waals surface area contributed by atoms with E-state index in [-0.39, 0.29) is 4.90 Å². The fourth-order valence-electron chi connectivity index (χ4n) is 3.10. The lowest BCUT2D eigenvalue weighted by molar-refractivity contribution is 0.489. The Labute approximate surface area is 177 Å². The van der Waals surface area contributed by atoms with Gasteiger partial charge in [0.05, 0.1) is 4.90 Å². The highest BCUT2D eigenvalue weighted by Gasteiger charge is 2.19. The number of fused-ring (bicyclic) bond motifs is 2. The predicted molar refractivity (Wildman–Crippen MR) is 116 cm³/mol. The molecule has 4 aromatic rings. The first kappa shape index (κ1) is 20.6. The summed E-state index contributed by atoms with van der Waals surface area (Å²) in [7, 11) is -0.592. The van der Waals surface area contributed by atoms with Crippen LogP contribution < -0.4 is 5.63 Å². The van der Waals surface area contributed by atoms with E-state index in [0.717, 1.165) is 26.4 Å². The number of rotatable bonds is 5. The topological polar surface area (TPSA) is 93.6 Å². The Kier molecular flexibility index (Phi) is 5.21. The summed E-state index contributed by atoms with van der Waals surface area (Å²) in [6.45, 7) is 3.90. The Morgan fingerprint density at radius 3 is 2.57 bits per heavy atom. The van der Waals surface area contributed by atoms with Crippen LogP contribution in [0.25, 0.3) is 22.1 Å². The van der Waals surface area contributed by atoms with E-state index in [9.17, 15) is 13.2 Å². The molecule has 7 nitrogen and oxygen atoms in total. The normalized spacial score (nSPS) is 12.3. The van der Waals surface area contributed by atoms with E-state index in [0.29, 0.717) is 27.7 Å². The summed E-state index contributed by atoms with van der Waals surface area (Å²) < 4.78 is 37.0. The van der Waals surface area contributed by atoms with Gasteiger partial charge in [-0.2, -0.15) is 0 Å². The second-order valence-corrected chi connectivity index (χ2v) is 10.2. The second-order valence-electron chi connectivity index (χ2n) is 7.16. The Morgan fingerprint density at radius 2 is 1.83 bits per heavy atom. The first-order valence-corrected chi connectivity index (χ1v) is 11.6. The van der Waals surface area contributed by atoms with Crippen molar-refractivity contribution in [2.75, 3.05) is 14.1 Å². The summed E-state index contributed by atoms with van der Waals surface area (Å²) in [6.07, 6.45) is 0. The minimum absolute atomic E-state index is 0.155. The van der Waals surface area contributed by atoms with Gasteiger partial charge in [0.25, 0.3) is 5.22 Å². The van der Waals surface area contributed by atoms with Crippen molar-refractivity contribution < 1.29 is 17.3 Å². The number of benzene rings is 2. The van der Waals surface area contributed by atoms with Crippen molar-refractivity contribution in [3.8, 4) is 0 Å². The highest BCUT2D eigenvalue weighted by Crippen LogP contribution is 2.31. The van der Waals surface area contributed by atoms with E-state index in [1.807, 2.05) is 26.0 Å². The minimum Gasteiger partial charge on any atom is -0.431 e. The van der Waals surface area contributed by atoms with Crippen LogP contribution in [0, 0.1) is 13.8 Å². The van der Waals surface area contributed by atoms with E-state index >= 15 is 0 Å². The average molecular weight is 445 g/mol. The van der Waals surface area contributed by atoms with Gasteiger partial charge in [-0.25, -0.2) is 22.5 Å². The summed E-state index contributed by atoms with van der Waals surface area (Å²) >= 11 is 1.33. The molecule has 0 atom stereocenters. The molecule has 0 spiro atoms. The van der Waals surface area contributed by atoms with Crippen LogP contribution in [0.15, 0.2) is 60.1 Å². The number of hydrogen-bond acceptors (Lipinski definition) is 7. The summed E-state index contributed by atoms with van der Waals surface area (Å²) in [5.74, 6) is 0.459. The summed E-state index contributed by atoms with van der Waals surface area (Å²) in [6, 6.07) is 10.0. The molecule has 30 heavy (non-hydrogen) atoms. The molecule has 156 valence electrons. The predicted octanol–water partition coefficient (Wildman–Crippen LogP) is 4.09. The lowest BCUT2D eigenvalue weighted by Gasteiger charge is -2.10. The molecule has 0 aliphatic carbocycles. The number of aromatic nitrogens is 1. The molecule has 2 heterocycles. The van der Waals surface area contributed by atoms with Crippen LogP contribution >= 0.6 is 11.8 Å². The molecule has 0 bridgehead atoms. The van der Waals surface area contributed by atoms with Crippen LogP contribution in [0.1, 0.15) is 16.7 Å². The molecule has 0 saturated heterocycles. The van der Waals surface area contributed by atoms with Gasteiger partial charge in [0, 0.05) is 31.3 Å². The third-order valence-corrected chi connectivity index (χ3v) is 7.67. The minimum atomic E-state index is -3.55. The quantitative estimate of drug-likeness (QED) is 0.338. The van der Waals surface area contributed by atoms with Crippen LogP contribution in [0.2, 0.25) is 0 Å². The number of thioether (sulfide) groups is 1. The Balaban J connectivity index is 1.66. The van der Waals surface area contributed by atoms with Gasteiger partial charge in [-0.05, 0) is 48.7 Å². The molecule has 0 fully saturated rings. The average Bonchev–Trinajstić information content (AvgIpc) is 3.11. The van der Waals surface area contributed by atoms with Crippen LogP contribution in [-0.2, 0) is 15.8 Å². The Hall–Kier alpha value is -2.62. The molecule has 4 rings (SSSR count). The summed E-state index contributed by atoms with van der Waals surface area (Å²) in [4.78, 5) is 16.6. The van der Waals surface area contributed by atoms with Gasteiger partial charge in [0.2, 0.25) is 10.0 Å². The highest BCUT2D eigenvalue weighted by molar-refractivity contribution is 7.98. The monoisotopic (exact) mass is 444 g/mol. The number of aryl methyl sites for hydroxylation is 2. The Bertz CT molecular complexity index is 1440. The summed E-state index contributed by atoms with van der Waals surface area (Å²) in [5, 5.41) is 1.27. The van der Waals surface area contributed by atoms with Gasteiger partial charge in [-0.1, -0.05) is 23.9 Å². The molecule has 0 saturated carbocycles. The first-order chi connectivity index (χ1) is 14.2. The molecule has 0 radical (unpaired) electrons. The van der Waals surface area contributed by atoms with Crippen LogP contribution in [0.5, 0.6) is 0 Å². The van der Waals surface area contributed by atoms with Crippen molar-refractivity contribution in [1.82, 2.24) is 9.29 Å². The van der Waals surface area contributed by atoms with Gasteiger partial charge < -0.3 is 8.83 Å². The van der Waals surface area contributed by atoms with Crippen LogP contribution in [-0.4, -0.2) is 31.8 Å². The van der Waals surface area contributed by atoms with E-state index in [2.05, 4.69) is 4.98 Å². The Morgan fingerprint density at radius 1 is 1.07 bits per heavy atom. The van der Waals surface area contributed by atoms with Gasteiger partial charge >= 0.3 is 5.63 Å². The molecular weight excluding hydrogens is 424 g/mol. The van der Waals surface area contributed by atoms with Gasteiger partial charge in [-0.15, -0.1) is 0 Å². The third kappa shape index (κ3) is 3.64. The molecule has 0 unspecified atom stereocenters. The fraction of sp³-hybridized carbons (Fsp3) is 0.238. The summed E-state index contributed by atoms with van der Waals surface area (Å²) in [5.41, 5.74) is 3.97. The van der Waals surface area contributed by atoms with Crippen molar-refractivity contribution >= 4 is 43.9 Å². The van der Waals surface area contributed by atoms with Crippen LogP contribution in [0.4, 0.5) is 0 Å². The maximum Gasteiger partial charge on any atom is 0.336 e. The van der Waals surface area contributed by atoms with Gasteiger partial charge in [0.15, 0.2) is 5.58 Å². The fourth-order valence-corrected chi connectivity index (χ4v) is 4.85. The number of nitrogens with zero attached hydrogens (tertiary/aromatic N) is 2. The zero-order chi connectivity index (χ0) is 21.6. The zero-order valence-corrected chi connectivity index (χ0v) is 18.6. The number of oxazole rings is 1. The van der Waals surface area contributed by atoms with E-state index < -0.39 is 15.6 Å². The van der Waals surface area contributed by atoms with Gasteiger partial charge in [0.1, 0.15) is 11.1 Å². The molecule has 0 N–H and O–H groups in total. The maximum atomic E-state index is 12.3. The number of sulfonamides is 1. The third-order valence-electron chi connectivity index (χ3n) is 4.99. The van der Waals surface area contributed by atoms with Crippen LogP contribution in [0.3, 0.4) is 0 Å². The zero-order valence-electron chi connectivity index (χ0n) is 16.9. The lowest BCUT2D eigenvalue weighted by atomic mass is 10.0. The molecule has 0 aliphatic rings. The van der Waals surface area contributed by atoms with E-state index in [1.54, 1.807) is 6.07 Å². The van der Waals surface area contributed by atoms with Crippen molar-refractivity contribution in [3.63, 3.8) is 0 Å². The van der Waals surface area contributed by atoms with Crippen molar-refractivity contribution in [2.45, 2.75) is 29.7 Å². The molecule has 2 aromatic carbocycles. The largest absolute Gasteiger partial charge is 0.431 e. The lowest BCUT2D eigenvalue weighted by Crippen LogP contribution is -2.22. The molecular formula is C21H20N2O5S2. The smallest absolute Gasteiger partial charge is 0.336 e. The van der Waals surface area contributed by atoms with E-state index in [4.69, 9.17) is 8.83 Å². The molecule has 0 amide bonds.